The normalized spacial score (nSPS) is 10.9. The number of nitrogens with one attached hydrogen (secondary N) is 1. The molecule has 1 amide bonds. The summed E-state index contributed by atoms with van der Waals surface area (Å²) in [6.45, 7) is 5.53. The molecule has 25 heavy (non-hydrogen) atoms. The fourth-order valence-electron chi connectivity index (χ4n) is 2.64. The molecule has 0 aromatic carbocycles. The van der Waals surface area contributed by atoms with Crippen molar-refractivity contribution in [3.8, 4) is 0 Å². The number of unbranched alkanes of at least 4 members (excludes halogenated alkanes) is 11. The number of hydrogen-bond donors (Lipinski definition) is 2. The van der Waals surface area contributed by atoms with Gasteiger partial charge in [-0.2, -0.15) is 0 Å². The number of carbonyl (C=O) groups is 2. The van der Waals surface area contributed by atoms with Gasteiger partial charge in [-0.05, 0) is 32.1 Å². The Hall–Kier alpha value is -1.58. The minimum atomic E-state index is -1.18. The fourth-order valence-corrected chi connectivity index (χ4v) is 2.64. The van der Waals surface area contributed by atoms with Gasteiger partial charge in [0.2, 0.25) is 5.91 Å². The Morgan fingerprint density at radius 3 is 1.84 bits per heavy atom. The molecule has 0 aliphatic rings. The minimum absolute atomic E-state index is 0.252. The summed E-state index contributed by atoms with van der Waals surface area (Å²) in [6.07, 6.45) is 20.8. The van der Waals surface area contributed by atoms with Crippen molar-refractivity contribution in [3.63, 3.8) is 0 Å². The van der Waals surface area contributed by atoms with Gasteiger partial charge >= 0.3 is 5.97 Å². The molecular weight excluding hydrogens is 314 g/mol. The number of rotatable bonds is 17. The van der Waals surface area contributed by atoms with Crippen LogP contribution in [-0.4, -0.2) is 17.0 Å². The molecule has 0 aliphatic carbocycles. The topological polar surface area (TPSA) is 66.4 Å². The summed E-state index contributed by atoms with van der Waals surface area (Å²) < 4.78 is 0. The van der Waals surface area contributed by atoms with Crippen LogP contribution in [-0.2, 0) is 9.59 Å². The van der Waals surface area contributed by atoms with Gasteiger partial charge in [0, 0.05) is 6.42 Å². The number of allylic oxidation sites excluding steroid dienone is 2. The summed E-state index contributed by atoms with van der Waals surface area (Å²) in [6, 6.07) is 0. The van der Waals surface area contributed by atoms with E-state index in [-0.39, 0.29) is 11.6 Å². The Morgan fingerprint density at radius 2 is 1.32 bits per heavy atom. The van der Waals surface area contributed by atoms with Gasteiger partial charge in [-0.15, -0.1) is 0 Å². The van der Waals surface area contributed by atoms with E-state index in [2.05, 4.69) is 31.0 Å². The number of carboxylic acid groups (broad SMARTS) is 1. The van der Waals surface area contributed by atoms with Crippen LogP contribution in [0.5, 0.6) is 0 Å². The third-order valence-corrected chi connectivity index (χ3v) is 4.21. The highest BCUT2D eigenvalue weighted by molar-refractivity contribution is 5.91. The van der Waals surface area contributed by atoms with Crippen LogP contribution in [0.25, 0.3) is 0 Å². The molecule has 0 aromatic rings. The maximum atomic E-state index is 11.4. The van der Waals surface area contributed by atoms with Gasteiger partial charge in [0.1, 0.15) is 5.70 Å². The van der Waals surface area contributed by atoms with Gasteiger partial charge in [0.05, 0.1) is 0 Å². The number of hydrogen-bond acceptors (Lipinski definition) is 2. The zero-order valence-corrected chi connectivity index (χ0v) is 16.0. The summed E-state index contributed by atoms with van der Waals surface area (Å²) in [5.74, 6) is -1.44. The van der Waals surface area contributed by atoms with Gasteiger partial charge in [-0.25, -0.2) is 4.79 Å². The highest BCUT2D eigenvalue weighted by atomic mass is 16.4. The first-order valence-corrected chi connectivity index (χ1v) is 9.95. The van der Waals surface area contributed by atoms with Crippen LogP contribution in [0.2, 0.25) is 0 Å². The Kier molecular flexibility index (Phi) is 16.2. The average Bonchev–Trinajstić information content (AvgIpc) is 2.58. The van der Waals surface area contributed by atoms with E-state index in [0.29, 0.717) is 6.42 Å². The molecule has 0 radical (unpaired) electrons. The van der Waals surface area contributed by atoms with Crippen LogP contribution in [0.4, 0.5) is 0 Å². The molecule has 0 saturated carbocycles. The lowest BCUT2D eigenvalue weighted by atomic mass is 10.1. The lowest BCUT2D eigenvalue weighted by molar-refractivity contribution is -0.134. The summed E-state index contributed by atoms with van der Waals surface area (Å²) in [5.41, 5.74) is -0.252. The molecular formula is C21H37NO3. The van der Waals surface area contributed by atoms with E-state index in [4.69, 9.17) is 5.11 Å². The quantitative estimate of drug-likeness (QED) is 0.199. The molecule has 0 saturated heterocycles. The van der Waals surface area contributed by atoms with Gasteiger partial charge in [-0.1, -0.05) is 77.0 Å². The van der Waals surface area contributed by atoms with E-state index in [9.17, 15) is 9.59 Å². The Balaban J connectivity index is 3.30. The largest absolute Gasteiger partial charge is 0.477 e. The smallest absolute Gasteiger partial charge is 0.351 e. The third-order valence-electron chi connectivity index (χ3n) is 4.21. The third kappa shape index (κ3) is 17.0. The summed E-state index contributed by atoms with van der Waals surface area (Å²) in [7, 11) is 0. The molecule has 0 aromatic heterocycles. The van der Waals surface area contributed by atoms with Crippen molar-refractivity contribution < 1.29 is 14.7 Å². The van der Waals surface area contributed by atoms with Crippen molar-refractivity contribution in [3.05, 3.63) is 24.4 Å². The van der Waals surface area contributed by atoms with E-state index < -0.39 is 5.97 Å². The Morgan fingerprint density at radius 1 is 0.840 bits per heavy atom. The lowest BCUT2D eigenvalue weighted by Gasteiger charge is -2.04. The molecule has 0 rings (SSSR count). The van der Waals surface area contributed by atoms with Crippen LogP contribution < -0.4 is 5.32 Å². The molecule has 0 heterocycles. The van der Waals surface area contributed by atoms with Crippen LogP contribution in [0.3, 0.4) is 0 Å². The summed E-state index contributed by atoms with van der Waals surface area (Å²) in [4.78, 5) is 22.0. The highest BCUT2D eigenvalue weighted by Gasteiger charge is 2.07. The second-order valence-corrected chi connectivity index (χ2v) is 6.67. The van der Waals surface area contributed by atoms with E-state index >= 15 is 0 Å². The van der Waals surface area contributed by atoms with Crippen molar-refractivity contribution in [2.75, 3.05) is 0 Å². The van der Waals surface area contributed by atoms with Crippen LogP contribution >= 0.6 is 0 Å². The first-order valence-electron chi connectivity index (χ1n) is 9.95. The van der Waals surface area contributed by atoms with Crippen molar-refractivity contribution >= 4 is 11.9 Å². The molecule has 2 N–H and O–H groups in total. The predicted octanol–water partition coefficient (Wildman–Crippen LogP) is 5.74. The van der Waals surface area contributed by atoms with Crippen molar-refractivity contribution in [1.82, 2.24) is 5.32 Å². The highest BCUT2D eigenvalue weighted by Crippen LogP contribution is 2.10. The number of carbonyl (C=O) groups excluding carboxylic acids is 1. The van der Waals surface area contributed by atoms with Crippen LogP contribution in [0.15, 0.2) is 24.4 Å². The Labute approximate surface area is 153 Å². The number of amides is 1. The van der Waals surface area contributed by atoms with Crippen molar-refractivity contribution in [2.45, 2.75) is 96.8 Å². The number of aliphatic carboxylic acids is 1. The first kappa shape index (κ1) is 23.4. The molecule has 0 fully saturated rings. The van der Waals surface area contributed by atoms with Crippen LogP contribution in [0.1, 0.15) is 96.8 Å². The van der Waals surface area contributed by atoms with Gasteiger partial charge < -0.3 is 10.4 Å². The monoisotopic (exact) mass is 351 g/mol. The van der Waals surface area contributed by atoms with Crippen molar-refractivity contribution in [2.24, 2.45) is 0 Å². The van der Waals surface area contributed by atoms with Gasteiger partial charge in [0.25, 0.3) is 0 Å². The molecule has 0 unspecified atom stereocenters. The Bertz CT molecular complexity index is 402. The minimum Gasteiger partial charge on any atom is -0.477 e. The molecule has 4 heteroatoms. The molecule has 144 valence electrons. The van der Waals surface area contributed by atoms with Crippen molar-refractivity contribution in [1.29, 1.82) is 0 Å². The molecule has 0 atom stereocenters. The maximum absolute atomic E-state index is 11.4. The van der Waals surface area contributed by atoms with Gasteiger partial charge in [0.15, 0.2) is 0 Å². The van der Waals surface area contributed by atoms with E-state index in [0.717, 1.165) is 25.7 Å². The van der Waals surface area contributed by atoms with Crippen LogP contribution in [0, 0.1) is 0 Å². The van der Waals surface area contributed by atoms with Gasteiger partial charge in [-0.3, -0.25) is 4.79 Å². The number of carboxylic acids is 1. The van der Waals surface area contributed by atoms with E-state index in [1.54, 1.807) is 0 Å². The second kappa shape index (κ2) is 17.2. The maximum Gasteiger partial charge on any atom is 0.351 e. The zero-order valence-electron chi connectivity index (χ0n) is 16.0. The average molecular weight is 352 g/mol. The molecule has 0 bridgehead atoms. The fraction of sp³-hybridized carbons (Fsp3) is 0.714. The first-order chi connectivity index (χ1) is 12.1. The molecule has 0 spiro atoms. The van der Waals surface area contributed by atoms with E-state index in [1.165, 1.54) is 57.8 Å². The standard InChI is InChI=1S/C21H37NO3/c1-3-4-5-6-7-8-9-10-11-12-13-14-15-16-17-18-20(23)22-19(2)21(24)25/h10-11H,2-9,12-18H2,1H3,(H,22,23)(H,24,25)/b11-10-. The summed E-state index contributed by atoms with van der Waals surface area (Å²) >= 11 is 0. The zero-order chi connectivity index (χ0) is 18.8. The SMILES string of the molecule is C=C(NC(=O)CCCCCCC/C=C\CCCCCCCC)C(=O)O. The molecule has 4 nitrogen and oxygen atoms in total. The molecule has 0 aliphatic heterocycles. The van der Waals surface area contributed by atoms with E-state index in [1.807, 2.05) is 0 Å². The second-order valence-electron chi connectivity index (χ2n) is 6.67. The lowest BCUT2D eigenvalue weighted by Crippen LogP contribution is -2.26. The summed E-state index contributed by atoms with van der Waals surface area (Å²) in [5, 5.41) is 10.9. The predicted molar refractivity (Wildman–Crippen MR) is 104 cm³/mol.